The van der Waals surface area contributed by atoms with Crippen LogP contribution >= 0.6 is 0 Å². The molecule has 0 rings (SSSR count). The van der Waals surface area contributed by atoms with Gasteiger partial charge in [0.05, 0.1) is 18.8 Å². The third-order valence-electron chi connectivity index (χ3n) is 18.6. The lowest BCUT2D eigenvalue weighted by Gasteiger charge is -2.22. The summed E-state index contributed by atoms with van der Waals surface area (Å²) in [7, 11) is 0. The highest BCUT2D eigenvalue weighted by Crippen LogP contribution is 2.21. The van der Waals surface area contributed by atoms with Crippen LogP contribution in [0.2, 0.25) is 0 Å². The summed E-state index contributed by atoms with van der Waals surface area (Å²) in [6.07, 6.45) is 96.4. The van der Waals surface area contributed by atoms with Crippen molar-refractivity contribution < 1.29 is 15.0 Å². The molecule has 2 unspecified atom stereocenters. The van der Waals surface area contributed by atoms with Gasteiger partial charge >= 0.3 is 0 Å². The first-order valence-electron chi connectivity index (χ1n) is 38.2. The Morgan fingerprint density at radius 1 is 0.250 bits per heavy atom. The zero-order chi connectivity index (χ0) is 57.6. The summed E-state index contributed by atoms with van der Waals surface area (Å²) in [5.41, 5.74) is 0. The first-order valence-corrected chi connectivity index (χ1v) is 38.2. The van der Waals surface area contributed by atoms with Crippen LogP contribution in [0, 0.1) is 0 Å². The predicted octanol–water partition coefficient (Wildman–Crippen LogP) is 26.2. The molecule has 0 aromatic carbocycles. The monoisotopic (exact) mass is 1130 g/mol. The molecule has 0 aromatic heterocycles. The highest BCUT2D eigenvalue weighted by Gasteiger charge is 2.20. The Balaban J connectivity index is 3.33. The van der Waals surface area contributed by atoms with E-state index in [1.807, 2.05) is 0 Å². The van der Waals surface area contributed by atoms with E-state index in [2.05, 4.69) is 19.2 Å². The van der Waals surface area contributed by atoms with Gasteiger partial charge in [0.1, 0.15) is 0 Å². The van der Waals surface area contributed by atoms with Crippen LogP contribution in [0.15, 0.2) is 0 Å². The lowest BCUT2D eigenvalue weighted by atomic mass is 10.0. The topological polar surface area (TPSA) is 69.6 Å². The van der Waals surface area contributed by atoms with Gasteiger partial charge in [-0.15, -0.1) is 0 Å². The summed E-state index contributed by atoms with van der Waals surface area (Å²) in [5.74, 6) is -0.0183. The first kappa shape index (κ1) is 79.4. The Morgan fingerprint density at radius 3 is 0.562 bits per heavy atom. The third kappa shape index (κ3) is 68.2. The number of aliphatic hydroxyl groups is 2. The van der Waals surface area contributed by atoms with Gasteiger partial charge in [-0.25, -0.2) is 0 Å². The van der Waals surface area contributed by atoms with E-state index >= 15 is 0 Å². The Kier molecular flexibility index (Phi) is 72.1. The summed E-state index contributed by atoms with van der Waals surface area (Å²) in [6.45, 7) is 4.43. The van der Waals surface area contributed by atoms with Crippen LogP contribution < -0.4 is 5.32 Å². The molecule has 2 atom stereocenters. The van der Waals surface area contributed by atoms with Crippen LogP contribution in [0.3, 0.4) is 0 Å². The second-order valence-corrected chi connectivity index (χ2v) is 26.8. The molecule has 1 amide bonds. The van der Waals surface area contributed by atoms with Gasteiger partial charge < -0.3 is 15.5 Å². The van der Waals surface area contributed by atoms with Crippen molar-refractivity contribution in [3.8, 4) is 0 Å². The van der Waals surface area contributed by atoms with Gasteiger partial charge in [-0.3, -0.25) is 4.79 Å². The van der Waals surface area contributed by atoms with Crippen molar-refractivity contribution in [3.63, 3.8) is 0 Å². The van der Waals surface area contributed by atoms with Crippen LogP contribution in [-0.4, -0.2) is 34.9 Å². The van der Waals surface area contributed by atoms with Crippen LogP contribution in [0.4, 0.5) is 0 Å². The first-order chi connectivity index (χ1) is 39.7. The van der Waals surface area contributed by atoms with Crippen molar-refractivity contribution in [2.45, 2.75) is 475 Å². The fraction of sp³-hybridized carbons (Fsp3) is 0.987. The van der Waals surface area contributed by atoms with Gasteiger partial charge in [0, 0.05) is 6.42 Å². The van der Waals surface area contributed by atoms with E-state index < -0.39 is 12.1 Å². The van der Waals surface area contributed by atoms with Crippen LogP contribution in [-0.2, 0) is 4.79 Å². The van der Waals surface area contributed by atoms with Gasteiger partial charge in [0.15, 0.2) is 0 Å². The zero-order valence-corrected chi connectivity index (χ0v) is 55.7. The number of hydrogen-bond acceptors (Lipinski definition) is 3. The lowest BCUT2D eigenvalue weighted by molar-refractivity contribution is -0.123. The second kappa shape index (κ2) is 72.6. The number of aliphatic hydroxyl groups excluding tert-OH is 2. The summed E-state index contributed by atoms with van der Waals surface area (Å²) >= 11 is 0. The molecule has 0 aromatic rings. The molecule has 0 spiro atoms. The van der Waals surface area contributed by atoms with Crippen molar-refractivity contribution >= 4 is 5.91 Å². The normalized spacial score (nSPS) is 12.5. The minimum atomic E-state index is -0.657. The van der Waals surface area contributed by atoms with Crippen molar-refractivity contribution in [3.05, 3.63) is 0 Å². The van der Waals surface area contributed by atoms with Crippen LogP contribution in [0.1, 0.15) is 463 Å². The Morgan fingerprint density at radius 2 is 0.400 bits per heavy atom. The Hall–Kier alpha value is -0.610. The number of hydrogen-bond donors (Lipinski definition) is 3. The average molecular weight is 1130 g/mol. The Bertz CT molecular complexity index is 1100. The molecular formula is C76H153NO3. The number of carbonyl (C=O) groups excluding carboxylic acids is 1. The maximum Gasteiger partial charge on any atom is 0.220 e. The molecule has 0 aliphatic rings. The standard InChI is InChI=1S/C76H153NO3/c1-3-5-7-9-11-13-15-17-19-21-23-25-27-29-31-33-35-36-37-38-39-40-41-42-44-46-48-50-52-54-56-58-60-62-64-66-68-70-72-76(80)77-74(73-78)75(79)71-69-67-65-63-61-59-57-55-53-51-49-47-45-43-34-32-30-28-26-24-22-20-18-16-14-12-10-8-6-4-2/h74-75,78-79H,3-73H2,1-2H3,(H,77,80). The molecule has 0 bridgehead atoms. The molecule has 3 N–H and O–H groups in total. The van der Waals surface area contributed by atoms with E-state index in [0.717, 1.165) is 25.7 Å². The molecule has 0 saturated carbocycles. The molecule has 480 valence electrons. The molecule has 80 heavy (non-hydrogen) atoms. The second-order valence-electron chi connectivity index (χ2n) is 26.8. The highest BCUT2D eigenvalue weighted by atomic mass is 16.3. The smallest absolute Gasteiger partial charge is 0.220 e. The van der Waals surface area contributed by atoms with E-state index in [1.54, 1.807) is 0 Å². The predicted molar refractivity (Wildman–Crippen MR) is 360 cm³/mol. The fourth-order valence-corrected chi connectivity index (χ4v) is 12.8. The number of nitrogens with one attached hydrogen (secondary N) is 1. The molecule has 0 fully saturated rings. The zero-order valence-electron chi connectivity index (χ0n) is 55.7. The lowest BCUT2D eigenvalue weighted by Crippen LogP contribution is -2.45. The number of carbonyl (C=O) groups is 1. The quantitative estimate of drug-likeness (QED) is 0.0532. The number of amides is 1. The molecular weight excluding hydrogens is 975 g/mol. The van der Waals surface area contributed by atoms with Gasteiger partial charge in [-0.2, -0.15) is 0 Å². The highest BCUT2D eigenvalue weighted by molar-refractivity contribution is 5.76. The third-order valence-corrected chi connectivity index (χ3v) is 18.6. The van der Waals surface area contributed by atoms with Crippen LogP contribution in [0.5, 0.6) is 0 Å². The van der Waals surface area contributed by atoms with E-state index in [9.17, 15) is 15.0 Å². The van der Waals surface area contributed by atoms with Crippen molar-refractivity contribution in [1.29, 1.82) is 0 Å². The van der Waals surface area contributed by atoms with E-state index in [0.29, 0.717) is 12.8 Å². The minimum absolute atomic E-state index is 0.0183. The van der Waals surface area contributed by atoms with Gasteiger partial charge in [-0.05, 0) is 12.8 Å². The average Bonchev–Trinajstić information content (AvgIpc) is 3.46. The van der Waals surface area contributed by atoms with Crippen LogP contribution in [0.25, 0.3) is 0 Å². The molecule has 0 aliphatic carbocycles. The van der Waals surface area contributed by atoms with E-state index in [4.69, 9.17) is 0 Å². The molecule has 4 nitrogen and oxygen atoms in total. The number of unbranched alkanes of at least 4 members (excludes halogenated alkanes) is 66. The SMILES string of the molecule is CCCCCCCCCCCCCCCCCCCCCCCCCCCCCCCCCCCCCCCCC(=O)NC(CO)C(O)CCCCCCCCCCCCCCCCCCCCCCCCCCCCCCCC. The maximum absolute atomic E-state index is 12.6. The minimum Gasteiger partial charge on any atom is -0.394 e. The van der Waals surface area contributed by atoms with Gasteiger partial charge in [0.25, 0.3) is 0 Å². The summed E-state index contributed by atoms with van der Waals surface area (Å²) < 4.78 is 0. The fourth-order valence-electron chi connectivity index (χ4n) is 12.8. The van der Waals surface area contributed by atoms with E-state index in [-0.39, 0.29) is 12.5 Å². The summed E-state index contributed by atoms with van der Waals surface area (Å²) in [6, 6.07) is -0.533. The number of rotatable bonds is 73. The largest absolute Gasteiger partial charge is 0.394 e. The molecule has 0 radical (unpaired) electrons. The molecule has 0 saturated heterocycles. The summed E-state index contributed by atoms with van der Waals surface area (Å²) in [4.78, 5) is 12.6. The van der Waals surface area contributed by atoms with Gasteiger partial charge in [-0.1, -0.05) is 444 Å². The van der Waals surface area contributed by atoms with Crippen molar-refractivity contribution in [2.75, 3.05) is 6.61 Å². The summed E-state index contributed by atoms with van der Waals surface area (Å²) in [5, 5.41) is 23.5. The Labute approximate surface area is 505 Å². The van der Waals surface area contributed by atoms with Crippen molar-refractivity contribution in [1.82, 2.24) is 5.32 Å². The van der Waals surface area contributed by atoms with Gasteiger partial charge in [0.2, 0.25) is 5.91 Å². The van der Waals surface area contributed by atoms with Crippen molar-refractivity contribution in [2.24, 2.45) is 0 Å². The molecule has 4 heteroatoms. The van der Waals surface area contributed by atoms with E-state index in [1.165, 1.54) is 411 Å². The molecule has 0 aliphatic heterocycles. The maximum atomic E-state index is 12.6. The molecule has 0 heterocycles.